The number of phenolic OH excluding ortho intramolecular Hbond substituents is 1. The minimum absolute atomic E-state index is 0.0910. The van der Waals surface area contributed by atoms with E-state index in [0.29, 0.717) is 28.9 Å². The zero-order chi connectivity index (χ0) is 22.7. The number of nitrogens with one attached hydrogen (secondary N) is 2. The maximum absolute atomic E-state index is 10.4. The van der Waals surface area contributed by atoms with Crippen molar-refractivity contribution in [2.45, 2.75) is 45.3 Å². The van der Waals surface area contributed by atoms with Gasteiger partial charge in [-0.05, 0) is 69.6 Å². The van der Waals surface area contributed by atoms with Crippen LogP contribution in [0.2, 0.25) is 0 Å². The van der Waals surface area contributed by atoms with E-state index in [1.165, 1.54) is 6.33 Å². The molecule has 1 aromatic carbocycles. The number of hydrogen-bond acceptors (Lipinski definition) is 8. The van der Waals surface area contributed by atoms with Gasteiger partial charge in [-0.1, -0.05) is 0 Å². The molecule has 0 amide bonds. The van der Waals surface area contributed by atoms with E-state index in [4.69, 9.17) is 11.5 Å². The Bertz CT molecular complexity index is 1100. The second-order valence-electron chi connectivity index (χ2n) is 8.49. The summed E-state index contributed by atoms with van der Waals surface area (Å²) in [5, 5.41) is 22.2. The van der Waals surface area contributed by atoms with Crippen LogP contribution in [0.3, 0.4) is 0 Å². The first-order valence-electron chi connectivity index (χ1n) is 10.9. The van der Waals surface area contributed by atoms with Crippen molar-refractivity contribution in [3.63, 3.8) is 0 Å². The SMILES string of the molecule is CC(C)N/N=C(\N)c1ccc(O)c(Nc2ncnn3ccc(CN4CCC(N)CC4)c23)c1. The normalized spacial score (nSPS) is 16.1. The van der Waals surface area contributed by atoms with Gasteiger partial charge in [-0.2, -0.15) is 10.2 Å². The molecule has 1 aliphatic rings. The van der Waals surface area contributed by atoms with Gasteiger partial charge < -0.3 is 27.3 Å². The van der Waals surface area contributed by atoms with Crippen molar-refractivity contribution in [1.29, 1.82) is 0 Å². The highest BCUT2D eigenvalue weighted by Crippen LogP contribution is 2.30. The number of piperidine rings is 1. The highest BCUT2D eigenvalue weighted by Gasteiger charge is 2.19. The second-order valence-corrected chi connectivity index (χ2v) is 8.49. The van der Waals surface area contributed by atoms with Gasteiger partial charge in [0.1, 0.15) is 17.6 Å². The van der Waals surface area contributed by atoms with Crippen LogP contribution >= 0.6 is 0 Å². The summed E-state index contributed by atoms with van der Waals surface area (Å²) in [5.74, 6) is 1.03. The van der Waals surface area contributed by atoms with Crippen molar-refractivity contribution in [2.24, 2.45) is 16.6 Å². The summed E-state index contributed by atoms with van der Waals surface area (Å²) in [5.41, 5.74) is 18.2. The molecule has 3 aromatic rings. The first-order chi connectivity index (χ1) is 15.4. The number of nitrogens with zero attached hydrogens (tertiary/aromatic N) is 5. The van der Waals surface area contributed by atoms with Crippen molar-refractivity contribution in [1.82, 2.24) is 24.9 Å². The Labute approximate surface area is 187 Å². The highest BCUT2D eigenvalue weighted by molar-refractivity contribution is 5.98. The molecule has 0 aliphatic carbocycles. The van der Waals surface area contributed by atoms with Gasteiger partial charge in [0.15, 0.2) is 11.7 Å². The third-order valence-corrected chi connectivity index (χ3v) is 5.55. The van der Waals surface area contributed by atoms with Gasteiger partial charge in [0.05, 0.1) is 5.69 Å². The number of hydrazone groups is 1. The first-order valence-corrected chi connectivity index (χ1v) is 10.9. The summed E-state index contributed by atoms with van der Waals surface area (Å²) in [7, 11) is 0. The van der Waals surface area contributed by atoms with Crippen molar-refractivity contribution in [3.8, 4) is 5.75 Å². The largest absolute Gasteiger partial charge is 0.506 e. The monoisotopic (exact) mass is 437 g/mol. The fraction of sp³-hybridized carbons (Fsp3) is 0.409. The molecule has 0 atom stereocenters. The first kappa shape index (κ1) is 21.8. The van der Waals surface area contributed by atoms with Gasteiger partial charge >= 0.3 is 0 Å². The summed E-state index contributed by atoms with van der Waals surface area (Å²) >= 11 is 0. The van der Waals surface area contributed by atoms with Gasteiger partial charge in [-0.25, -0.2) is 9.50 Å². The standard InChI is InChI=1S/C22H31N9O/c1-14(2)28-29-21(24)15-3-4-19(32)18(11-15)27-22-20-16(5-10-31(20)26-13-25-22)12-30-8-6-17(23)7-9-30/h3-5,10-11,13-14,17,28,32H,6-9,12,23H2,1-2H3,(H2,24,29)(H,25,26,27). The molecule has 0 spiro atoms. The van der Waals surface area contributed by atoms with E-state index in [0.717, 1.165) is 43.6 Å². The zero-order valence-electron chi connectivity index (χ0n) is 18.5. The van der Waals surface area contributed by atoms with Crippen LogP contribution in [0.15, 0.2) is 41.9 Å². The van der Waals surface area contributed by atoms with Crippen LogP contribution in [0.4, 0.5) is 11.5 Å². The maximum Gasteiger partial charge on any atom is 0.158 e. The Kier molecular flexibility index (Phi) is 6.42. The molecule has 2 aromatic heterocycles. The number of fused-ring (bicyclic) bond motifs is 1. The highest BCUT2D eigenvalue weighted by atomic mass is 16.3. The van der Waals surface area contributed by atoms with Crippen molar-refractivity contribution in [2.75, 3.05) is 18.4 Å². The van der Waals surface area contributed by atoms with Crippen LogP contribution < -0.4 is 22.2 Å². The van der Waals surface area contributed by atoms with Gasteiger partial charge in [-0.15, -0.1) is 0 Å². The molecule has 1 aliphatic heterocycles. The number of likely N-dealkylation sites (tertiary alicyclic amines) is 1. The summed E-state index contributed by atoms with van der Waals surface area (Å²) in [4.78, 5) is 6.84. The molecule has 0 radical (unpaired) electrons. The van der Waals surface area contributed by atoms with Crippen molar-refractivity contribution < 1.29 is 5.11 Å². The van der Waals surface area contributed by atoms with Crippen LogP contribution in [0.25, 0.3) is 5.52 Å². The Morgan fingerprint density at radius 3 is 2.81 bits per heavy atom. The molecule has 3 heterocycles. The Morgan fingerprint density at radius 1 is 1.28 bits per heavy atom. The van der Waals surface area contributed by atoms with Crippen molar-refractivity contribution in [3.05, 3.63) is 47.9 Å². The number of phenols is 1. The van der Waals surface area contributed by atoms with Crippen LogP contribution in [0.5, 0.6) is 5.75 Å². The molecule has 0 unspecified atom stereocenters. The zero-order valence-corrected chi connectivity index (χ0v) is 18.5. The molecule has 10 heteroatoms. The van der Waals surface area contributed by atoms with E-state index in [9.17, 15) is 5.11 Å². The lowest BCUT2D eigenvalue weighted by atomic mass is 10.1. The van der Waals surface area contributed by atoms with E-state index in [2.05, 4.69) is 36.9 Å². The topological polar surface area (TPSA) is 142 Å². The Hall–Kier alpha value is -3.37. The number of hydrogen-bond donors (Lipinski definition) is 5. The molecule has 7 N–H and O–H groups in total. The summed E-state index contributed by atoms with van der Waals surface area (Å²) < 4.78 is 1.80. The number of aromatic nitrogens is 3. The number of aromatic hydroxyl groups is 1. The number of nitrogens with two attached hydrogens (primary N) is 2. The molecule has 0 bridgehead atoms. The fourth-order valence-electron chi connectivity index (χ4n) is 3.78. The van der Waals surface area contributed by atoms with Crippen LogP contribution in [-0.4, -0.2) is 55.6 Å². The van der Waals surface area contributed by atoms with Crippen molar-refractivity contribution >= 4 is 22.9 Å². The minimum atomic E-state index is 0.0910. The van der Waals surface area contributed by atoms with Gasteiger partial charge in [-0.3, -0.25) is 4.90 Å². The van der Waals surface area contributed by atoms with E-state index in [-0.39, 0.29) is 11.8 Å². The minimum Gasteiger partial charge on any atom is -0.506 e. The smallest absolute Gasteiger partial charge is 0.158 e. The number of rotatable bonds is 7. The molecule has 4 rings (SSSR count). The van der Waals surface area contributed by atoms with Gasteiger partial charge in [0, 0.05) is 30.4 Å². The maximum atomic E-state index is 10.4. The molecule has 10 nitrogen and oxygen atoms in total. The number of anilines is 2. The molecule has 1 fully saturated rings. The average Bonchev–Trinajstić information content (AvgIpc) is 3.19. The average molecular weight is 438 g/mol. The molecule has 0 saturated carbocycles. The van der Waals surface area contributed by atoms with Crippen LogP contribution in [0, 0.1) is 0 Å². The van der Waals surface area contributed by atoms with E-state index in [1.54, 1.807) is 22.7 Å². The lowest BCUT2D eigenvalue weighted by Crippen LogP contribution is -2.39. The van der Waals surface area contributed by atoms with Crippen LogP contribution in [0.1, 0.15) is 37.8 Å². The Morgan fingerprint density at radius 2 is 2.06 bits per heavy atom. The summed E-state index contributed by atoms with van der Waals surface area (Å²) in [6.07, 6.45) is 5.42. The lowest BCUT2D eigenvalue weighted by Gasteiger charge is -2.29. The fourth-order valence-corrected chi connectivity index (χ4v) is 3.78. The number of amidine groups is 1. The molecular weight excluding hydrogens is 406 g/mol. The third-order valence-electron chi connectivity index (χ3n) is 5.55. The van der Waals surface area contributed by atoms with Gasteiger partial charge in [0.2, 0.25) is 0 Å². The van der Waals surface area contributed by atoms with Crippen LogP contribution in [-0.2, 0) is 6.54 Å². The van der Waals surface area contributed by atoms with E-state index < -0.39 is 0 Å². The summed E-state index contributed by atoms with van der Waals surface area (Å²) in [6, 6.07) is 7.58. The molecule has 32 heavy (non-hydrogen) atoms. The van der Waals surface area contributed by atoms with E-state index >= 15 is 0 Å². The summed E-state index contributed by atoms with van der Waals surface area (Å²) in [6.45, 7) is 6.70. The second kappa shape index (κ2) is 9.41. The quantitative estimate of drug-likeness (QED) is 0.163. The van der Waals surface area contributed by atoms with E-state index in [1.807, 2.05) is 20.0 Å². The third kappa shape index (κ3) is 4.92. The molecule has 170 valence electrons. The molecule has 1 saturated heterocycles. The predicted molar refractivity (Wildman–Crippen MR) is 126 cm³/mol. The number of benzene rings is 1. The predicted octanol–water partition coefficient (Wildman–Crippen LogP) is 1.72. The Balaban J connectivity index is 1.61. The van der Waals surface area contributed by atoms with Gasteiger partial charge in [0.25, 0.3) is 0 Å². The molecular formula is C22H31N9O. The lowest BCUT2D eigenvalue weighted by molar-refractivity contribution is 0.206.